The van der Waals surface area contributed by atoms with Crippen LogP contribution >= 0.6 is 0 Å². The van der Waals surface area contributed by atoms with Gasteiger partial charge in [0.25, 0.3) is 0 Å². The summed E-state index contributed by atoms with van der Waals surface area (Å²) in [5.74, 6) is 0. The van der Waals surface area contributed by atoms with E-state index in [1.54, 1.807) is 6.20 Å². The lowest BCUT2D eigenvalue weighted by molar-refractivity contribution is 0.129. The summed E-state index contributed by atoms with van der Waals surface area (Å²) in [6.45, 7) is 8.18. The second-order valence-electron chi connectivity index (χ2n) is 3.94. The van der Waals surface area contributed by atoms with Crippen LogP contribution in [0.2, 0.25) is 0 Å². The van der Waals surface area contributed by atoms with Crippen molar-refractivity contribution >= 4 is 6.03 Å². The van der Waals surface area contributed by atoms with Gasteiger partial charge in [-0.1, -0.05) is 18.9 Å². The number of carbonyl (C=O) groups is 1. The third-order valence-electron chi connectivity index (χ3n) is 1.89. The molecule has 0 atom stereocenters. The third kappa shape index (κ3) is 11.0. The summed E-state index contributed by atoms with van der Waals surface area (Å²) < 4.78 is 5.37. The van der Waals surface area contributed by atoms with Crippen molar-refractivity contribution in [1.29, 1.82) is 0 Å². The Morgan fingerprint density at radius 3 is 2.56 bits per heavy atom. The van der Waals surface area contributed by atoms with Crippen molar-refractivity contribution in [3.63, 3.8) is 0 Å². The van der Waals surface area contributed by atoms with Crippen LogP contribution in [0.4, 0.5) is 4.79 Å². The van der Waals surface area contributed by atoms with E-state index < -0.39 is 0 Å². The first-order valence-corrected chi connectivity index (χ1v) is 5.92. The average Bonchev–Trinajstić information content (AvgIpc) is 2.25. The molecule has 0 radical (unpaired) electrons. The maximum absolute atomic E-state index is 11.2. The van der Waals surface area contributed by atoms with Gasteiger partial charge in [-0.25, -0.2) is 4.79 Å². The molecule has 0 aliphatic carbocycles. The molecule has 0 aromatic rings. The molecule has 4 nitrogen and oxygen atoms in total. The van der Waals surface area contributed by atoms with Crippen LogP contribution in [0.15, 0.2) is 11.8 Å². The molecule has 0 bridgehead atoms. The first-order valence-electron chi connectivity index (χ1n) is 5.92. The van der Waals surface area contributed by atoms with Gasteiger partial charge in [0.05, 0.1) is 0 Å². The second-order valence-corrected chi connectivity index (χ2v) is 3.94. The Bertz CT molecular complexity index is 211. The number of amides is 2. The van der Waals surface area contributed by atoms with Crippen LogP contribution in [0.5, 0.6) is 0 Å². The van der Waals surface area contributed by atoms with Gasteiger partial charge in [0.2, 0.25) is 0 Å². The van der Waals surface area contributed by atoms with Crippen molar-refractivity contribution in [1.82, 2.24) is 10.6 Å². The quantitative estimate of drug-likeness (QED) is 0.627. The van der Waals surface area contributed by atoms with E-state index in [-0.39, 0.29) is 6.03 Å². The van der Waals surface area contributed by atoms with Gasteiger partial charge >= 0.3 is 6.03 Å². The first kappa shape index (κ1) is 15.0. The largest absolute Gasteiger partial charge is 0.381 e. The molecule has 0 saturated carbocycles. The fourth-order valence-corrected chi connectivity index (χ4v) is 0.986. The summed E-state index contributed by atoms with van der Waals surface area (Å²) in [6, 6.07) is -0.158. The van der Waals surface area contributed by atoms with E-state index >= 15 is 0 Å². The minimum Gasteiger partial charge on any atom is -0.381 e. The second kappa shape index (κ2) is 10.5. The summed E-state index contributed by atoms with van der Waals surface area (Å²) in [5, 5.41) is 5.39. The molecule has 4 heteroatoms. The van der Waals surface area contributed by atoms with Crippen molar-refractivity contribution in [3.05, 3.63) is 11.8 Å². The average molecular weight is 228 g/mol. The Kier molecular flexibility index (Phi) is 9.81. The number of ether oxygens (including phenoxy) is 1. The zero-order valence-electron chi connectivity index (χ0n) is 10.6. The van der Waals surface area contributed by atoms with Crippen LogP contribution in [0.25, 0.3) is 0 Å². The topological polar surface area (TPSA) is 50.4 Å². The summed E-state index contributed by atoms with van der Waals surface area (Å²) in [5.41, 5.74) is 1.07. The minimum absolute atomic E-state index is 0.158. The normalized spacial score (nSPS) is 9.69. The van der Waals surface area contributed by atoms with Gasteiger partial charge in [0.15, 0.2) is 0 Å². The van der Waals surface area contributed by atoms with E-state index in [1.165, 1.54) is 0 Å². The highest BCUT2D eigenvalue weighted by molar-refractivity contribution is 5.74. The van der Waals surface area contributed by atoms with Crippen molar-refractivity contribution in [2.45, 2.75) is 40.0 Å². The van der Waals surface area contributed by atoms with Crippen LogP contribution in [-0.2, 0) is 4.74 Å². The van der Waals surface area contributed by atoms with E-state index in [0.717, 1.165) is 31.4 Å². The number of allylic oxidation sites excluding steroid dienone is 1. The highest BCUT2D eigenvalue weighted by atomic mass is 16.5. The van der Waals surface area contributed by atoms with Crippen LogP contribution in [0.1, 0.15) is 40.0 Å². The summed E-state index contributed by atoms with van der Waals surface area (Å²) in [4.78, 5) is 11.2. The van der Waals surface area contributed by atoms with E-state index in [1.807, 2.05) is 13.8 Å². The number of rotatable bonds is 8. The molecule has 0 saturated heterocycles. The van der Waals surface area contributed by atoms with Crippen molar-refractivity contribution in [2.75, 3.05) is 19.8 Å². The summed E-state index contributed by atoms with van der Waals surface area (Å²) >= 11 is 0. The van der Waals surface area contributed by atoms with Crippen molar-refractivity contribution < 1.29 is 9.53 Å². The fraction of sp³-hybridized carbons (Fsp3) is 0.750. The standard InChI is InChI=1S/C12H24N2O2/c1-4-5-8-16-9-6-7-13-12(15)14-10-11(2)3/h10H,4-9H2,1-3H3,(H2,13,14,15). The van der Waals surface area contributed by atoms with Gasteiger partial charge in [0.1, 0.15) is 0 Å². The highest BCUT2D eigenvalue weighted by Crippen LogP contribution is 1.89. The van der Waals surface area contributed by atoms with E-state index in [0.29, 0.717) is 13.2 Å². The Morgan fingerprint density at radius 1 is 1.25 bits per heavy atom. The first-order chi connectivity index (χ1) is 7.66. The van der Waals surface area contributed by atoms with Gasteiger partial charge in [-0.05, 0) is 26.7 Å². The summed E-state index contributed by atoms with van der Waals surface area (Å²) in [7, 11) is 0. The molecule has 0 heterocycles. The zero-order valence-corrected chi connectivity index (χ0v) is 10.6. The molecule has 0 rings (SSSR count). The number of hydrogen-bond acceptors (Lipinski definition) is 2. The molecule has 0 unspecified atom stereocenters. The van der Waals surface area contributed by atoms with Crippen LogP contribution in [-0.4, -0.2) is 25.8 Å². The molecule has 0 fully saturated rings. The predicted molar refractivity (Wildman–Crippen MR) is 66.3 cm³/mol. The Hall–Kier alpha value is -1.03. The van der Waals surface area contributed by atoms with Crippen molar-refractivity contribution in [2.24, 2.45) is 0 Å². The molecule has 0 aromatic carbocycles. The molecule has 2 N–H and O–H groups in total. The smallest absolute Gasteiger partial charge is 0.318 e. The number of hydrogen-bond donors (Lipinski definition) is 2. The van der Waals surface area contributed by atoms with Gasteiger partial charge in [-0.3, -0.25) is 0 Å². The van der Waals surface area contributed by atoms with E-state index in [9.17, 15) is 4.79 Å². The monoisotopic (exact) mass is 228 g/mol. The lowest BCUT2D eigenvalue weighted by Gasteiger charge is -2.05. The molecule has 0 aliphatic rings. The van der Waals surface area contributed by atoms with Gasteiger partial charge in [-0.2, -0.15) is 0 Å². The highest BCUT2D eigenvalue weighted by Gasteiger charge is 1.95. The number of carbonyl (C=O) groups excluding carboxylic acids is 1. The lowest BCUT2D eigenvalue weighted by Crippen LogP contribution is -2.33. The van der Waals surface area contributed by atoms with Crippen LogP contribution in [0.3, 0.4) is 0 Å². The summed E-state index contributed by atoms with van der Waals surface area (Å²) in [6.07, 6.45) is 4.80. The Labute approximate surface area is 98.4 Å². The number of urea groups is 1. The van der Waals surface area contributed by atoms with E-state index in [2.05, 4.69) is 17.6 Å². The lowest BCUT2D eigenvalue weighted by atomic mass is 10.4. The molecule has 0 spiro atoms. The SMILES string of the molecule is CCCCOCCCNC(=O)NC=C(C)C. The molecular weight excluding hydrogens is 204 g/mol. The zero-order chi connectivity index (χ0) is 12.2. The van der Waals surface area contributed by atoms with Crippen LogP contribution in [0, 0.1) is 0 Å². The molecule has 16 heavy (non-hydrogen) atoms. The molecule has 2 amide bonds. The molecular formula is C12H24N2O2. The number of nitrogens with one attached hydrogen (secondary N) is 2. The predicted octanol–water partition coefficient (Wildman–Crippen LogP) is 2.42. The third-order valence-corrected chi connectivity index (χ3v) is 1.89. The number of unbranched alkanes of at least 4 members (excludes halogenated alkanes) is 1. The van der Waals surface area contributed by atoms with Crippen LogP contribution < -0.4 is 10.6 Å². The molecule has 94 valence electrons. The molecule has 0 aromatic heterocycles. The van der Waals surface area contributed by atoms with Gasteiger partial charge in [0, 0.05) is 26.0 Å². The Balaban J connectivity index is 3.25. The Morgan fingerprint density at radius 2 is 1.94 bits per heavy atom. The minimum atomic E-state index is -0.158. The van der Waals surface area contributed by atoms with Gasteiger partial charge < -0.3 is 15.4 Å². The maximum atomic E-state index is 11.2. The van der Waals surface area contributed by atoms with E-state index in [4.69, 9.17) is 4.74 Å². The van der Waals surface area contributed by atoms with Gasteiger partial charge in [-0.15, -0.1) is 0 Å². The fourth-order valence-electron chi connectivity index (χ4n) is 0.986. The maximum Gasteiger partial charge on any atom is 0.318 e. The van der Waals surface area contributed by atoms with Crippen molar-refractivity contribution in [3.8, 4) is 0 Å². The molecule has 0 aliphatic heterocycles.